The zero-order valence-electron chi connectivity index (χ0n) is 12.2. The standard InChI is InChI=1S/C14H17NO6S/c1-4-5-12(14(17)21-3)15-22(18,19)11-8-6-10(7-9-11)13(16)20-2/h4,6-9,12,15H,1,5H2,2-3H3/t12-/m0/s1. The average molecular weight is 327 g/mol. The average Bonchev–Trinajstić information content (AvgIpc) is 2.52. The van der Waals surface area contributed by atoms with Gasteiger partial charge in [0.15, 0.2) is 0 Å². The zero-order chi connectivity index (χ0) is 16.8. The fourth-order valence-electron chi connectivity index (χ4n) is 1.64. The molecule has 0 saturated carbocycles. The first kappa shape index (κ1) is 17.9. The summed E-state index contributed by atoms with van der Waals surface area (Å²) in [5.74, 6) is -1.29. The van der Waals surface area contributed by atoms with Crippen molar-refractivity contribution in [3.05, 3.63) is 42.5 Å². The Kier molecular flexibility index (Phi) is 6.26. The van der Waals surface area contributed by atoms with Crippen molar-refractivity contribution in [2.24, 2.45) is 0 Å². The number of esters is 2. The maximum absolute atomic E-state index is 12.2. The highest BCUT2D eigenvalue weighted by atomic mass is 32.2. The molecule has 7 nitrogen and oxygen atoms in total. The van der Waals surface area contributed by atoms with E-state index in [-0.39, 0.29) is 16.9 Å². The van der Waals surface area contributed by atoms with Gasteiger partial charge in [0.25, 0.3) is 0 Å². The number of hydrogen-bond acceptors (Lipinski definition) is 6. The Labute approximate surface area is 129 Å². The number of hydrogen-bond donors (Lipinski definition) is 1. The van der Waals surface area contributed by atoms with Crippen LogP contribution in [0.25, 0.3) is 0 Å². The van der Waals surface area contributed by atoms with E-state index in [1.807, 2.05) is 0 Å². The zero-order valence-corrected chi connectivity index (χ0v) is 13.1. The summed E-state index contributed by atoms with van der Waals surface area (Å²) in [5.41, 5.74) is 0.219. The number of sulfonamides is 1. The summed E-state index contributed by atoms with van der Waals surface area (Å²) in [4.78, 5) is 22.8. The van der Waals surface area contributed by atoms with Crippen molar-refractivity contribution in [3.63, 3.8) is 0 Å². The molecule has 22 heavy (non-hydrogen) atoms. The Hall–Kier alpha value is -2.19. The summed E-state index contributed by atoms with van der Waals surface area (Å²) in [6.45, 7) is 3.47. The lowest BCUT2D eigenvalue weighted by Crippen LogP contribution is -2.41. The van der Waals surface area contributed by atoms with Crippen LogP contribution < -0.4 is 4.72 Å². The van der Waals surface area contributed by atoms with E-state index in [0.29, 0.717) is 0 Å². The maximum Gasteiger partial charge on any atom is 0.337 e. The quantitative estimate of drug-likeness (QED) is 0.589. The fraction of sp³-hybridized carbons (Fsp3) is 0.286. The molecule has 0 saturated heterocycles. The van der Waals surface area contributed by atoms with E-state index in [9.17, 15) is 18.0 Å². The van der Waals surface area contributed by atoms with Crippen molar-refractivity contribution in [1.82, 2.24) is 4.72 Å². The summed E-state index contributed by atoms with van der Waals surface area (Å²) in [6, 6.07) is 4.07. The van der Waals surface area contributed by atoms with Gasteiger partial charge < -0.3 is 9.47 Å². The van der Waals surface area contributed by atoms with Gasteiger partial charge in [0.05, 0.1) is 24.7 Å². The highest BCUT2D eigenvalue weighted by molar-refractivity contribution is 7.89. The van der Waals surface area contributed by atoms with Gasteiger partial charge in [-0.15, -0.1) is 6.58 Å². The third kappa shape index (κ3) is 4.40. The third-order valence-electron chi connectivity index (χ3n) is 2.77. The Morgan fingerprint density at radius 3 is 2.27 bits per heavy atom. The SMILES string of the molecule is C=CC[C@H](NS(=O)(=O)c1ccc(C(=O)OC)cc1)C(=O)OC. The smallest absolute Gasteiger partial charge is 0.337 e. The molecule has 0 aromatic heterocycles. The molecule has 0 heterocycles. The normalized spacial score (nSPS) is 12.3. The minimum absolute atomic E-state index is 0.0851. The highest BCUT2D eigenvalue weighted by Gasteiger charge is 2.25. The lowest BCUT2D eigenvalue weighted by molar-refractivity contribution is -0.142. The molecule has 0 spiro atoms. The van der Waals surface area contributed by atoms with E-state index in [1.165, 1.54) is 37.5 Å². The van der Waals surface area contributed by atoms with Gasteiger partial charge in [0, 0.05) is 0 Å². The van der Waals surface area contributed by atoms with Crippen molar-refractivity contribution in [2.45, 2.75) is 17.4 Å². The van der Waals surface area contributed by atoms with Crippen LogP contribution >= 0.6 is 0 Å². The maximum atomic E-state index is 12.2. The molecule has 0 radical (unpaired) electrons. The van der Waals surface area contributed by atoms with Crippen LogP contribution in [-0.2, 0) is 24.3 Å². The number of carbonyl (C=O) groups is 2. The second-order valence-electron chi connectivity index (χ2n) is 4.24. The summed E-state index contributed by atoms with van der Waals surface area (Å²) < 4.78 is 35.7. The van der Waals surface area contributed by atoms with Crippen molar-refractivity contribution < 1.29 is 27.5 Å². The van der Waals surface area contributed by atoms with E-state index in [2.05, 4.69) is 20.8 Å². The lowest BCUT2D eigenvalue weighted by Gasteiger charge is -2.15. The van der Waals surface area contributed by atoms with Gasteiger partial charge in [-0.2, -0.15) is 4.72 Å². The van der Waals surface area contributed by atoms with E-state index < -0.39 is 28.0 Å². The van der Waals surface area contributed by atoms with Gasteiger partial charge in [0.1, 0.15) is 6.04 Å². The molecule has 0 fully saturated rings. The second kappa shape index (κ2) is 7.71. The first-order valence-corrected chi connectivity index (χ1v) is 7.73. The molecule has 120 valence electrons. The van der Waals surface area contributed by atoms with Crippen LogP contribution in [0.15, 0.2) is 41.8 Å². The molecule has 1 rings (SSSR count). The molecule has 0 aliphatic heterocycles. The van der Waals surface area contributed by atoms with Crippen LogP contribution in [0.4, 0.5) is 0 Å². The molecule has 0 bridgehead atoms. The number of methoxy groups -OCH3 is 2. The molecule has 0 aliphatic rings. The molecular formula is C14H17NO6S. The minimum atomic E-state index is -3.94. The monoisotopic (exact) mass is 327 g/mol. The van der Waals surface area contributed by atoms with Crippen molar-refractivity contribution >= 4 is 22.0 Å². The molecular weight excluding hydrogens is 310 g/mol. The van der Waals surface area contributed by atoms with Gasteiger partial charge in [-0.3, -0.25) is 4.79 Å². The van der Waals surface area contributed by atoms with Crippen molar-refractivity contribution in [1.29, 1.82) is 0 Å². The molecule has 8 heteroatoms. The topological polar surface area (TPSA) is 98.8 Å². The minimum Gasteiger partial charge on any atom is -0.468 e. The predicted molar refractivity (Wildman–Crippen MR) is 78.7 cm³/mol. The van der Waals surface area contributed by atoms with E-state index in [0.717, 1.165) is 7.11 Å². The molecule has 0 unspecified atom stereocenters. The van der Waals surface area contributed by atoms with Crippen LogP contribution in [0.5, 0.6) is 0 Å². The van der Waals surface area contributed by atoms with E-state index in [1.54, 1.807) is 0 Å². The summed E-state index contributed by atoms with van der Waals surface area (Å²) >= 11 is 0. The van der Waals surface area contributed by atoms with E-state index in [4.69, 9.17) is 0 Å². The Morgan fingerprint density at radius 1 is 1.23 bits per heavy atom. The number of ether oxygens (including phenoxy) is 2. The number of rotatable bonds is 7. The first-order valence-electron chi connectivity index (χ1n) is 6.25. The Balaban J connectivity index is 3.00. The van der Waals surface area contributed by atoms with Gasteiger partial charge >= 0.3 is 11.9 Å². The van der Waals surface area contributed by atoms with Crippen LogP contribution in [0.1, 0.15) is 16.8 Å². The van der Waals surface area contributed by atoms with Crippen LogP contribution in [0, 0.1) is 0 Å². The number of nitrogens with one attached hydrogen (secondary N) is 1. The Morgan fingerprint density at radius 2 is 1.82 bits per heavy atom. The number of carbonyl (C=O) groups excluding carboxylic acids is 2. The largest absolute Gasteiger partial charge is 0.468 e. The summed E-state index contributed by atoms with van der Waals surface area (Å²) in [5, 5.41) is 0. The van der Waals surface area contributed by atoms with Crippen molar-refractivity contribution in [3.8, 4) is 0 Å². The second-order valence-corrected chi connectivity index (χ2v) is 5.95. The molecule has 0 aliphatic carbocycles. The van der Waals surface area contributed by atoms with Gasteiger partial charge in [-0.1, -0.05) is 6.08 Å². The molecule has 1 atom stereocenters. The van der Waals surface area contributed by atoms with Crippen LogP contribution in [0.3, 0.4) is 0 Å². The summed E-state index contributed by atoms with van der Waals surface area (Å²) in [6.07, 6.45) is 1.50. The van der Waals surface area contributed by atoms with Crippen LogP contribution in [-0.4, -0.2) is 40.6 Å². The molecule has 1 aromatic carbocycles. The predicted octanol–water partition coefficient (Wildman–Crippen LogP) is 0.869. The summed E-state index contributed by atoms with van der Waals surface area (Å²) in [7, 11) is -1.55. The lowest BCUT2D eigenvalue weighted by atomic mass is 10.2. The van der Waals surface area contributed by atoms with Crippen LogP contribution in [0.2, 0.25) is 0 Å². The fourth-order valence-corrected chi connectivity index (χ4v) is 2.84. The first-order chi connectivity index (χ1) is 10.4. The van der Waals surface area contributed by atoms with Gasteiger partial charge in [-0.25, -0.2) is 13.2 Å². The number of benzene rings is 1. The molecule has 1 N–H and O–H groups in total. The van der Waals surface area contributed by atoms with Gasteiger partial charge in [-0.05, 0) is 30.7 Å². The molecule has 1 aromatic rings. The Bertz CT molecular complexity index is 650. The molecule has 0 amide bonds. The third-order valence-corrected chi connectivity index (χ3v) is 4.26. The highest BCUT2D eigenvalue weighted by Crippen LogP contribution is 2.13. The van der Waals surface area contributed by atoms with Gasteiger partial charge in [0.2, 0.25) is 10.0 Å². The van der Waals surface area contributed by atoms with E-state index >= 15 is 0 Å². The van der Waals surface area contributed by atoms with Crippen molar-refractivity contribution in [2.75, 3.05) is 14.2 Å².